The van der Waals surface area contributed by atoms with E-state index in [0.717, 1.165) is 25.7 Å². The summed E-state index contributed by atoms with van der Waals surface area (Å²) in [4.78, 5) is 79.3. The topological polar surface area (TPSA) is 177 Å². The summed E-state index contributed by atoms with van der Waals surface area (Å²) in [5.41, 5.74) is 3.84. The minimum atomic E-state index is -4.00. The highest BCUT2D eigenvalue weighted by Gasteiger charge is 2.48. The average molecular weight is 692 g/mol. The molecule has 0 aromatic rings. The first-order chi connectivity index (χ1) is 21.7. The number of esters is 1. The van der Waals surface area contributed by atoms with Gasteiger partial charge >= 0.3 is 18.2 Å². The van der Waals surface area contributed by atoms with Gasteiger partial charge in [0.1, 0.15) is 23.7 Å². The third kappa shape index (κ3) is 14.4. The number of amides is 5. The molecular formula is C33H56F3N5O7. The summed E-state index contributed by atoms with van der Waals surface area (Å²) >= 11 is 0. The lowest BCUT2D eigenvalue weighted by molar-refractivity contribution is -0.156. The third-order valence-electron chi connectivity index (χ3n) is 8.27. The Kier molecular flexibility index (Phi) is 15.4. The number of likely N-dealkylation sites (tertiary alicyclic amines) is 1. The number of hydrogen-bond acceptors (Lipinski definition) is 7. The Bertz CT molecular complexity index is 1150. The number of ether oxygens (including phenoxy) is 1. The predicted molar refractivity (Wildman–Crippen MR) is 173 cm³/mol. The summed E-state index contributed by atoms with van der Waals surface area (Å²) in [5, 5.41) is 8.03. The quantitative estimate of drug-likeness (QED) is 0.187. The molecule has 1 heterocycles. The number of nitrogens with two attached hydrogens (primary N) is 1. The van der Waals surface area contributed by atoms with E-state index in [1.165, 1.54) is 11.8 Å². The van der Waals surface area contributed by atoms with Crippen molar-refractivity contribution in [3.63, 3.8) is 0 Å². The highest BCUT2D eigenvalue weighted by Crippen LogP contribution is 2.34. The number of primary amides is 1. The maximum atomic E-state index is 14.1. The summed E-state index contributed by atoms with van der Waals surface area (Å²) < 4.78 is 36.4. The van der Waals surface area contributed by atoms with Crippen LogP contribution < -0.4 is 21.7 Å². The lowest BCUT2D eigenvalue weighted by Crippen LogP contribution is -2.61. The van der Waals surface area contributed by atoms with E-state index in [1.807, 2.05) is 13.8 Å². The van der Waals surface area contributed by atoms with Crippen molar-refractivity contribution < 1.29 is 46.7 Å². The number of ketones is 1. The summed E-state index contributed by atoms with van der Waals surface area (Å²) in [6.07, 6.45) is 0.757. The molecule has 5 amide bonds. The van der Waals surface area contributed by atoms with Crippen molar-refractivity contribution in [2.24, 2.45) is 28.9 Å². The van der Waals surface area contributed by atoms with Crippen molar-refractivity contribution in [2.45, 2.75) is 144 Å². The smallest absolute Gasteiger partial charge is 0.386 e. The predicted octanol–water partition coefficient (Wildman–Crippen LogP) is 3.99. The van der Waals surface area contributed by atoms with Crippen molar-refractivity contribution >= 4 is 35.5 Å². The van der Waals surface area contributed by atoms with Gasteiger partial charge < -0.3 is 31.3 Å². The minimum absolute atomic E-state index is 0.0349. The van der Waals surface area contributed by atoms with Crippen LogP contribution in [0.4, 0.5) is 18.0 Å². The van der Waals surface area contributed by atoms with Gasteiger partial charge in [-0.3, -0.25) is 19.2 Å². The molecule has 5 atom stereocenters. The van der Waals surface area contributed by atoms with Gasteiger partial charge in [0, 0.05) is 13.5 Å². The number of rotatable bonds is 11. The highest BCUT2D eigenvalue weighted by atomic mass is 19.4. The Balaban J connectivity index is 0.00000213. The molecule has 0 aromatic heterocycles. The van der Waals surface area contributed by atoms with Gasteiger partial charge in [-0.1, -0.05) is 60.3 Å². The number of carbonyl (C=O) groups is 6. The Morgan fingerprint density at radius 1 is 0.854 bits per heavy atom. The van der Waals surface area contributed by atoms with Crippen LogP contribution in [0.25, 0.3) is 0 Å². The maximum Gasteiger partial charge on any atom is 0.386 e. The van der Waals surface area contributed by atoms with Crippen LogP contribution in [0.1, 0.15) is 108 Å². The Labute approximate surface area is 282 Å². The van der Waals surface area contributed by atoms with Crippen molar-refractivity contribution in [1.82, 2.24) is 20.9 Å². The second-order valence-corrected chi connectivity index (χ2v) is 15.3. The van der Waals surface area contributed by atoms with Crippen LogP contribution in [0.15, 0.2) is 0 Å². The largest absolute Gasteiger partial charge is 0.458 e. The normalized spacial score (nSPS) is 20.6. The van der Waals surface area contributed by atoms with Gasteiger partial charge in [-0.2, -0.15) is 13.2 Å². The van der Waals surface area contributed by atoms with Gasteiger partial charge in [0.25, 0.3) is 5.91 Å². The molecule has 15 heteroatoms. The van der Waals surface area contributed by atoms with Gasteiger partial charge in [0.05, 0.1) is 6.04 Å². The number of nitrogens with zero attached hydrogens (tertiary/aromatic N) is 1. The average Bonchev–Trinajstić information content (AvgIpc) is 3.58. The Morgan fingerprint density at radius 2 is 1.38 bits per heavy atom. The van der Waals surface area contributed by atoms with E-state index in [-0.39, 0.29) is 31.2 Å². The molecule has 48 heavy (non-hydrogen) atoms. The van der Waals surface area contributed by atoms with Gasteiger partial charge in [-0.25, -0.2) is 9.59 Å². The molecule has 0 aromatic carbocycles. The number of nitrogens with one attached hydrogen (secondary N) is 3. The van der Waals surface area contributed by atoms with Gasteiger partial charge in [-0.15, -0.1) is 0 Å². The maximum absolute atomic E-state index is 14.1. The third-order valence-corrected chi connectivity index (χ3v) is 8.27. The molecule has 2 rings (SSSR count). The molecule has 1 aliphatic heterocycles. The van der Waals surface area contributed by atoms with Crippen LogP contribution in [0.2, 0.25) is 0 Å². The molecule has 0 bridgehead atoms. The van der Waals surface area contributed by atoms with Gasteiger partial charge in [0.15, 0.2) is 0 Å². The fourth-order valence-corrected chi connectivity index (χ4v) is 5.97. The molecule has 1 saturated carbocycles. The van der Waals surface area contributed by atoms with Crippen LogP contribution in [-0.4, -0.2) is 82.9 Å². The number of urea groups is 1. The first-order valence-corrected chi connectivity index (χ1v) is 16.5. The van der Waals surface area contributed by atoms with E-state index in [2.05, 4.69) is 16.0 Å². The highest BCUT2D eigenvalue weighted by molar-refractivity contribution is 6.37. The van der Waals surface area contributed by atoms with Crippen LogP contribution in [0.5, 0.6) is 0 Å². The first kappa shape index (κ1) is 42.6. The molecular weight excluding hydrogens is 635 g/mol. The van der Waals surface area contributed by atoms with Crippen molar-refractivity contribution in [1.29, 1.82) is 0 Å². The standard InChI is InChI=1S/C31H53N5O7.C2H3F3/c1-17(2)20-14-15-36(22(20)26(39)34-21(23(37)25(32)38)16-19-12-10-11-13-19)27(40)24(30(4,5)6)35-29(42)33-18(3)28(41)43-31(7,8)9;1-2(3,4)5/h17-22,24H,10-16H2,1-9H3,(H2,32,38)(H,34,39)(H2,33,35,42);1H3/t18?,20?,21?,22-,24+;/m0./s1. The fraction of sp³-hybridized carbons (Fsp3) is 0.818. The molecule has 0 radical (unpaired) electrons. The van der Waals surface area contributed by atoms with E-state index < -0.39 is 76.9 Å². The van der Waals surface area contributed by atoms with Crippen LogP contribution in [-0.2, 0) is 28.7 Å². The SMILES string of the molecule is CC(F)(F)F.CC(NC(=O)N[C@H](C(=O)N1CCC(C(C)C)[C@H]1C(=O)NC(CC1CCCC1)C(=O)C(N)=O)C(C)(C)C)C(=O)OC(C)(C)C. The molecule has 1 aliphatic carbocycles. The van der Waals surface area contributed by atoms with Crippen LogP contribution in [0.3, 0.4) is 0 Å². The lowest BCUT2D eigenvalue weighted by Gasteiger charge is -2.37. The minimum Gasteiger partial charge on any atom is -0.458 e. The lowest BCUT2D eigenvalue weighted by atomic mass is 9.84. The zero-order chi connectivity index (χ0) is 37.4. The van der Waals surface area contributed by atoms with Crippen molar-refractivity contribution in [3.8, 4) is 0 Å². The van der Waals surface area contributed by atoms with E-state index in [9.17, 15) is 41.9 Å². The van der Waals surface area contributed by atoms with E-state index in [0.29, 0.717) is 12.8 Å². The molecule has 5 N–H and O–H groups in total. The molecule has 2 fully saturated rings. The zero-order valence-electron chi connectivity index (χ0n) is 30.0. The number of hydrogen-bond donors (Lipinski definition) is 4. The summed E-state index contributed by atoms with van der Waals surface area (Å²) in [5.74, 6) is -3.51. The second kappa shape index (κ2) is 17.3. The molecule has 1 saturated heterocycles. The Hall–Kier alpha value is -3.39. The summed E-state index contributed by atoms with van der Waals surface area (Å²) in [6.45, 7) is 16.4. The summed E-state index contributed by atoms with van der Waals surface area (Å²) in [6, 6.07) is -4.70. The fourth-order valence-electron chi connectivity index (χ4n) is 5.97. The Morgan fingerprint density at radius 3 is 1.81 bits per heavy atom. The molecule has 12 nitrogen and oxygen atoms in total. The zero-order valence-corrected chi connectivity index (χ0v) is 30.0. The van der Waals surface area contributed by atoms with E-state index in [1.54, 1.807) is 41.5 Å². The van der Waals surface area contributed by atoms with Crippen LogP contribution >= 0.6 is 0 Å². The van der Waals surface area contributed by atoms with Crippen molar-refractivity contribution in [2.75, 3.05) is 6.54 Å². The molecule has 0 spiro atoms. The second-order valence-electron chi connectivity index (χ2n) is 15.3. The molecule has 276 valence electrons. The number of alkyl halides is 3. The van der Waals surface area contributed by atoms with Crippen molar-refractivity contribution in [3.05, 3.63) is 0 Å². The molecule has 3 unspecified atom stereocenters. The summed E-state index contributed by atoms with van der Waals surface area (Å²) in [7, 11) is 0. The number of Topliss-reactive ketones (excluding diaryl/α,β-unsaturated/α-hetero) is 1. The molecule has 2 aliphatic rings. The van der Waals surface area contributed by atoms with Gasteiger partial charge in [-0.05, 0) is 63.7 Å². The van der Waals surface area contributed by atoms with E-state index in [4.69, 9.17) is 10.5 Å². The van der Waals surface area contributed by atoms with E-state index >= 15 is 0 Å². The van der Waals surface area contributed by atoms with Crippen LogP contribution in [0, 0.1) is 23.2 Å². The monoisotopic (exact) mass is 691 g/mol. The number of halogens is 3. The number of carbonyl (C=O) groups excluding carboxylic acids is 6. The first-order valence-electron chi connectivity index (χ1n) is 16.5. The van der Waals surface area contributed by atoms with Gasteiger partial charge in [0.2, 0.25) is 17.6 Å².